The first kappa shape index (κ1) is 14.1. The van der Waals surface area contributed by atoms with Crippen LogP contribution in [0.3, 0.4) is 0 Å². The fourth-order valence-electron chi connectivity index (χ4n) is 2.35. The summed E-state index contributed by atoms with van der Waals surface area (Å²) in [5.41, 5.74) is 3.57. The molecule has 1 aliphatic rings. The van der Waals surface area contributed by atoms with Crippen LogP contribution in [0.5, 0.6) is 0 Å². The van der Waals surface area contributed by atoms with E-state index in [9.17, 15) is 0 Å². The largest absolute Gasteiger partial charge is 0.491 e. The predicted octanol–water partition coefficient (Wildman–Crippen LogP) is 4.34. The highest BCUT2D eigenvalue weighted by atomic mass is 32.2. The molecule has 0 amide bonds. The molecule has 2 aromatic rings. The summed E-state index contributed by atoms with van der Waals surface area (Å²) in [5.74, 6) is 2.01. The lowest BCUT2D eigenvalue weighted by Gasteiger charge is -2.22. The summed E-state index contributed by atoms with van der Waals surface area (Å²) in [4.78, 5) is 3.34. The number of benzene rings is 2. The molecular weight excluding hydrogens is 278 g/mol. The molecule has 0 unspecified atom stereocenters. The van der Waals surface area contributed by atoms with Crippen molar-refractivity contribution in [2.24, 2.45) is 0 Å². The third kappa shape index (κ3) is 3.08. The zero-order valence-electron chi connectivity index (χ0n) is 12.4. The second-order valence-corrected chi connectivity index (χ2v) is 6.27. The van der Waals surface area contributed by atoms with Gasteiger partial charge in [-0.05, 0) is 29.8 Å². The third-order valence-corrected chi connectivity index (χ3v) is 4.54. The van der Waals surface area contributed by atoms with Gasteiger partial charge in [-0.2, -0.15) is 0 Å². The molecule has 0 saturated carbocycles. The summed E-state index contributed by atoms with van der Waals surface area (Å²) < 4.78 is 5.98. The van der Waals surface area contributed by atoms with Crippen LogP contribution in [0.25, 0.3) is 10.7 Å². The summed E-state index contributed by atoms with van der Waals surface area (Å²) in [7, 11) is 4.10. The van der Waals surface area contributed by atoms with Crippen molar-refractivity contribution >= 4 is 28.1 Å². The Bertz CT molecular complexity index is 632. The van der Waals surface area contributed by atoms with E-state index < -0.39 is 0 Å². The Labute approximate surface area is 130 Å². The van der Waals surface area contributed by atoms with Crippen LogP contribution >= 0.6 is 11.8 Å². The average Bonchev–Trinajstić information content (AvgIpc) is 2.56. The molecule has 21 heavy (non-hydrogen) atoms. The lowest BCUT2D eigenvalue weighted by Crippen LogP contribution is -2.09. The molecule has 0 spiro atoms. The smallest absolute Gasteiger partial charge is 0.140 e. The van der Waals surface area contributed by atoms with Gasteiger partial charge < -0.3 is 9.64 Å². The molecule has 0 aliphatic carbocycles. The van der Waals surface area contributed by atoms with Crippen LogP contribution in [0.2, 0.25) is 0 Å². The summed E-state index contributed by atoms with van der Waals surface area (Å²) in [6.45, 7) is 0.770. The maximum atomic E-state index is 5.98. The Morgan fingerprint density at radius 1 is 0.905 bits per heavy atom. The molecule has 0 fully saturated rings. The second kappa shape index (κ2) is 6.27. The van der Waals surface area contributed by atoms with E-state index in [1.807, 2.05) is 17.8 Å². The van der Waals surface area contributed by atoms with Gasteiger partial charge in [0.1, 0.15) is 5.76 Å². The van der Waals surface area contributed by atoms with E-state index >= 15 is 0 Å². The van der Waals surface area contributed by atoms with Gasteiger partial charge in [0.15, 0.2) is 0 Å². The zero-order chi connectivity index (χ0) is 14.7. The van der Waals surface area contributed by atoms with Gasteiger partial charge in [0.2, 0.25) is 0 Å². The molecule has 3 heteroatoms. The number of rotatable bonds is 3. The van der Waals surface area contributed by atoms with E-state index in [0.29, 0.717) is 0 Å². The number of ether oxygens (including phenoxy) is 1. The first-order valence-corrected chi connectivity index (χ1v) is 8.07. The lowest BCUT2D eigenvalue weighted by atomic mass is 10.1. The third-order valence-electron chi connectivity index (χ3n) is 3.46. The molecule has 0 aromatic heterocycles. The van der Waals surface area contributed by atoms with Crippen molar-refractivity contribution in [1.29, 1.82) is 0 Å². The van der Waals surface area contributed by atoms with E-state index in [0.717, 1.165) is 23.7 Å². The summed E-state index contributed by atoms with van der Waals surface area (Å²) in [5, 5.41) is 0. The number of thioether (sulfide) groups is 1. The van der Waals surface area contributed by atoms with E-state index in [-0.39, 0.29) is 0 Å². The maximum Gasteiger partial charge on any atom is 0.140 e. The van der Waals surface area contributed by atoms with Crippen LogP contribution in [-0.4, -0.2) is 26.5 Å². The van der Waals surface area contributed by atoms with Crippen LogP contribution in [0.4, 0.5) is 5.69 Å². The zero-order valence-corrected chi connectivity index (χ0v) is 13.2. The Morgan fingerprint density at radius 3 is 2.29 bits per heavy atom. The van der Waals surface area contributed by atoms with Crippen molar-refractivity contribution in [2.75, 3.05) is 31.4 Å². The second-order valence-electron chi connectivity index (χ2n) is 5.16. The van der Waals surface area contributed by atoms with Gasteiger partial charge in [-0.25, -0.2) is 0 Å². The topological polar surface area (TPSA) is 12.5 Å². The van der Waals surface area contributed by atoms with Crippen molar-refractivity contribution in [3.63, 3.8) is 0 Å². The van der Waals surface area contributed by atoms with Crippen LogP contribution in [-0.2, 0) is 4.74 Å². The molecule has 0 atom stereocenters. The predicted molar refractivity (Wildman–Crippen MR) is 92.4 cm³/mol. The number of anilines is 1. The summed E-state index contributed by atoms with van der Waals surface area (Å²) >= 11 is 1.87. The molecule has 108 valence electrons. The molecule has 0 N–H and O–H groups in total. The Balaban J connectivity index is 2.02. The fourth-order valence-corrected chi connectivity index (χ4v) is 3.33. The van der Waals surface area contributed by atoms with Crippen molar-refractivity contribution < 1.29 is 4.74 Å². The van der Waals surface area contributed by atoms with Gasteiger partial charge in [0, 0.05) is 31.1 Å². The summed E-state index contributed by atoms with van der Waals surface area (Å²) in [6.07, 6.45) is 0. The van der Waals surface area contributed by atoms with Gasteiger partial charge >= 0.3 is 0 Å². The molecule has 1 heterocycles. The number of hydrogen-bond donors (Lipinski definition) is 0. The van der Waals surface area contributed by atoms with E-state index in [2.05, 4.69) is 67.5 Å². The van der Waals surface area contributed by atoms with Gasteiger partial charge in [-0.15, -0.1) is 11.8 Å². The molecule has 2 aromatic carbocycles. The first-order valence-electron chi connectivity index (χ1n) is 7.09. The first-order chi connectivity index (χ1) is 10.3. The minimum absolute atomic E-state index is 0.770. The SMILES string of the molecule is CN(C)c1ccc(C2=C(c3ccccc3)SCCO2)cc1. The lowest BCUT2D eigenvalue weighted by molar-refractivity contribution is 0.301. The van der Waals surface area contributed by atoms with Crippen molar-refractivity contribution in [2.45, 2.75) is 0 Å². The van der Waals surface area contributed by atoms with Gasteiger partial charge in [-0.3, -0.25) is 0 Å². The fraction of sp³-hybridized carbons (Fsp3) is 0.222. The van der Waals surface area contributed by atoms with E-state index in [1.165, 1.54) is 16.2 Å². The molecule has 2 nitrogen and oxygen atoms in total. The Morgan fingerprint density at radius 2 is 1.62 bits per heavy atom. The normalized spacial score (nSPS) is 14.8. The standard InChI is InChI=1S/C18H19NOS/c1-19(2)16-10-8-14(9-11-16)17-18(21-13-12-20-17)15-6-4-3-5-7-15/h3-11H,12-13H2,1-2H3. The van der Waals surface area contributed by atoms with Crippen LogP contribution in [0.1, 0.15) is 11.1 Å². The molecule has 0 bridgehead atoms. The molecule has 3 rings (SSSR count). The van der Waals surface area contributed by atoms with Crippen molar-refractivity contribution in [3.05, 3.63) is 65.7 Å². The molecule has 1 aliphatic heterocycles. The van der Waals surface area contributed by atoms with Crippen LogP contribution in [0, 0.1) is 0 Å². The van der Waals surface area contributed by atoms with Crippen LogP contribution < -0.4 is 4.90 Å². The minimum atomic E-state index is 0.770. The van der Waals surface area contributed by atoms with Gasteiger partial charge in [-0.1, -0.05) is 30.3 Å². The minimum Gasteiger partial charge on any atom is -0.491 e. The van der Waals surface area contributed by atoms with Crippen LogP contribution in [0.15, 0.2) is 54.6 Å². The average molecular weight is 297 g/mol. The van der Waals surface area contributed by atoms with Crippen molar-refractivity contribution in [1.82, 2.24) is 0 Å². The number of nitrogens with zero attached hydrogens (tertiary/aromatic N) is 1. The molecule has 0 saturated heterocycles. The molecular formula is C18H19NOS. The molecule has 0 radical (unpaired) electrons. The Hall–Kier alpha value is -1.87. The van der Waals surface area contributed by atoms with Gasteiger partial charge in [0.25, 0.3) is 0 Å². The number of hydrogen-bond acceptors (Lipinski definition) is 3. The quantitative estimate of drug-likeness (QED) is 0.836. The van der Waals surface area contributed by atoms with Gasteiger partial charge in [0.05, 0.1) is 11.5 Å². The monoisotopic (exact) mass is 297 g/mol. The highest BCUT2D eigenvalue weighted by Gasteiger charge is 2.18. The highest BCUT2D eigenvalue weighted by Crippen LogP contribution is 2.39. The maximum absolute atomic E-state index is 5.98. The Kier molecular flexibility index (Phi) is 4.20. The van der Waals surface area contributed by atoms with Crippen molar-refractivity contribution in [3.8, 4) is 0 Å². The van der Waals surface area contributed by atoms with E-state index in [1.54, 1.807) is 0 Å². The highest BCUT2D eigenvalue weighted by molar-refractivity contribution is 8.08. The summed E-state index contributed by atoms with van der Waals surface area (Å²) in [6, 6.07) is 19.0. The van der Waals surface area contributed by atoms with E-state index in [4.69, 9.17) is 4.74 Å².